The molecular formula is C18H34N2O7S. The molecule has 28 heavy (non-hydrogen) atoms. The molecule has 0 aromatic rings. The highest BCUT2D eigenvalue weighted by molar-refractivity contribution is 7.84. The van der Waals surface area contributed by atoms with E-state index in [1.165, 1.54) is 13.2 Å². The van der Waals surface area contributed by atoms with E-state index in [1.807, 2.05) is 11.9 Å². The van der Waals surface area contributed by atoms with Crippen LogP contribution in [0, 0.1) is 5.92 Å². The predicted molar refractivity (Wildman–Crippen MR) is 104 cm³/mol. The first kappa shape index (κ1) is 23.7. The molecule has 0 aromatic carbocycles. The molecule has 5 N–H and O–H groups in total. The van der Waals surface area contributed by atoms with Gasteiger partial charge >= 0.3 is 0 Å². The summed E-state index contributed by atoms with van der Waals surface area (Å²) < 4.78 is 17.4. The van der Waals surface area contributed by atoms with Crippen LogP contribution in [0.25, 0.3) is 0 Å². The van der Waals surface area contributed by atoms with Gasteiger partial charge in [0.1, 0.15) is 24.4 Å². The van der Waals surface area contributed by atoms with Gasteiger partial charge in [0.2, 0.25) is 5.91 Å². The first-order valence-electron chi connectivity index (χ1n) is 9.79. The molecule has 164 valence electrons. The van der Waals surface area contributed by atoms with E-state index in [0.29, 0.717) is 12.3 Å². The van der Waals surface area contributed by atoms with Gasteiger partial charge in [-0.15, -0.1) is 0 Å². The fourth-order valence-corrected chi connectivity index (χ4v) is 5.05. The molecule has 9 nitrogen and oxygen atoms in total. The number of hydrogen-bond acceptors (Lipinski definition) is 8. The van der Waals surface area contributed by atoms with Crippen LogP contribution in [0.15, 0.2) is 0 Å². The number of nitrogens with zero attached hydrogens (tertiary/aromatic N) is 1. The lowest BCUT2D eigenvalue weighted by Gasteiger charge is -2.43. The van der Waals surface area contributed by atoms with Crippen molar-refractivity contribution in [1.29, 1.82) is 0 Å². The smallest absolute Gasteiger partial charge is 0.237 e. The average molecular weight is 423 g/mol. The van der Waals surface area contributed by atoms with Gasteiger partial charge in [0, 0.05) is 12.8 Å². The van der Waals surface area contributed by atoms with Crippen LogP contribution in [0.4, 0.5) is 0 Å². The Hall–Kier alpha value is -0.620. The van der Waals surface area contributed by atoms with Crippen molar-refractivity contribution >= 4 is 16.7 Å². The van der Waals surface area contributed by atoms with Crippen molar-refractivity contribution in [3.63, 3.8) is 0 Å². The SMILES string of the molecule is CCCC1CC(C(=O)N[C@@H]([C@H]2O[C@H]([S@@](C)=O)[C@H](O)[C@@H](O)[C@H]2O)[C@@H](C)O)N(C)C1. The number of ether oxygens (including phenoxy) is 1. The number of carbonyl (C=O) groups excluding carboxylic acids is 1. The molecule has 0 radical (unpaired) electrons. The molecule has 0 aliphatic carbocycles. The van der Waals surface area contributed by atoms with Crippen LogP contribution < -0.4 is 5.32 Å². The highest BCUT2D eigenvalue weighted by Crippen LogP contribution is 2.28. The number of rotatable bonds is 7. The predicted octanol–water partition coefficient (Wildman–Crippen LogP) is -1.84. The molecule has 0 saturated carbocycles. The van der Waals surface area contributed by atoms with Gasteiger partial charge < -0.3 is 30.5 Å². The lowest BCUT2D eigenvalue weighted by atomic mass is 9.92. The third-order valence-electron chi connectivity index (χ3n) is 5.75. The van der Waals surface area contributed by atoms with Gasteiger partial charge in [-0.25, -0.2) is 0 Å². The van der Waals surface area contributed by atoms with Crippen molar-refractivity contribution in [3.05, 3.63) is 0 Å². The summed E-state index contributed by atoms with van der Waals surface area (Å²) in [4.78, 5) is 14.8. The van der Waals surface area contributed by atoms with E-state index in [0.717, 1.165) is 19.4 Å². The molecule has 2 fully saturated rings. The van der Waals surface area contributed by atoms with E-state index in [-0.39, 0.29) is 11.9 Å². The summed E-state index contributed by atoms with van der Waals surface area (Å²) >= 11 is 0. The third-order valence-corrected chi connectivity index (χ3v) is 6.79. The van der Waals surface area contributed by atoms with Crippen LogP contribution in [-0.2, 0) is 20.3 Å². The van der Waals surface area contributed by atoms with Crippen LogP contribution in [0.2, 0.25) is 0 Å². The van der Waals surface area contributed by atoms with Crippen LogP contribution in [-0.4, -0.2) is 103 Å². The molecule has 0 bridgehead atoms. The Morgan fingerprint density at radius 3 is 2.46 bits per heavy atom. The molecule has 2 aliphatic rings. The maximum Gasteiger partial charge on any atom is 0.237 e. The molecule has 1 amide bonds. The molecule has 2 rings (SSSR count). The van der Waals surface area contributed by atoms with Crippen LogP contribution >= 0.6 is 0 Å². The van der Waals surface area contributed by atoms with E-state index in [4.69, 9.17) is 4.74 Å². The summed E-state index contributed by atoms with van der Waals surface area (Å²) in [5.74, 6) is 0.133. The second-order valence-electron chi connectivity index (χ2n) is 8.06. The summed E-state index contributed by atoms with van der Waals surface area (Å²) in [6.07, 6.45) is -2.90. The molecule has 10 atom stereocenters. The van der Waals surface area contributed by atoms with E-state index in [9.17, 15) is 29.4 Å². The highest BCUT2D eigenvalue weighted by Gasteiger charge is 2.49. The highest BCUT2D eigenvalue weighted by atomic mass is 32.2. The Balaban J connectivity index is 2.14. The molecule has 2 heterocycles. The number of likely N-dealkylation sites (tertiary alicyclic amines) is 1. The van der Waals surface area contributed by atoms with Gasteiger partial charge in [-0.1, -0.05) is 13.3 Å². The zero-order valence-electron chi connectivity index (χ0n) is 16.9. The van der Waals surface area contributed by atoms with Gasteiger partial charge in [0.25, 0.3) is 0 Å². The van der Waals surface area contributed by atoms with E-state index in [2.05, 4.69) is 12.2 Å². The summed E-state index contributed by atoms with van der Waals surface area (Å²) in [6.45, 7) is 4.36. The van der Waals surface area contributed by atoms with Crippen LogP contribution in [0.1, 0.15) is 33.1 Å². The Morgan fingerprint density at radius 1 is 1.29 bits per heavy atom. The van der Waals surface area contributed by atoms with E-state index >= 15 is 0 Å². The summed E-state index contributed by atoms with van der Waals surface area (Å²) in [6, 6.07) is -1.39. The lowest BCUT2D eigenvalue weighted by molar-refractivity contribution is -0.212. The Morgan fingerprint density at radius 2 is 1.93 bits per heavy atom. The first-order valence-corrected chi connectivity index (χ1v) is 11.4. The Labute approximate surface area is 168 Å². The zero-order chi connectivity index (χ0) is 21.2. The number of likely N-dealkylation sites (N-methyl/N-ethyl adjacent to an activating group) is 1. The lowest BCUT2D eigenvalue weighted by Crippen LogP contribution is -2.66. The fourth-order valence-electron chi connectivity index (χ4n) is 4.21. The normalized spacial score (nSPS) is 40.1. The summed E-state index contributed by atoms with van der Waals surface area (Å²) in [5, 5.41) is 43.4. The quantitative estimate of drug-likeness (QED) is 0.322. The van der Waals surface area contributed by atoms with Crippen molar-refractivity contribution in [3.8, 4) is 0 Å². The zero-order valence-corrected chi connectivity index (χ0v) is 17.7. The van der Waals surface area contributed by atoms with Crippen molar-refractivity contribution in [2.75, 3.05) is 19.8 Å². The number of aliphatic hydroxyl groups is 4. The fraction of sp³-hybridized carbons (Fsp3) is 0.944. The van der Waals surface area contributed by atoms with Crippen molar-refractivity contribution < 1.29 is 34.2 Å². The van der Waals surface area contributed by atoms with Crippen LogP contribution in [0.3, 0.4) is 0 Å². The van der Waals surface area contributed by atoms with Crippen molar-refractivity contribution in [2.24, 2.45) is 5.92 Å². The van der Waals surface area contributed by atoms with E-state index in [1.54, 1.807) is 0 Å². The average Bonchev–Trinajstić information content (AvgIpc) is 2.98. The standard InChI is InChI=1S/C18H34N2O7S/c1-5-6-10-7-11(20(3)8-10)17(25)19-12(9(2)21)16-14(23)13(22)15(24)18(27-16)28(4)26/h9-16,18,21-24H,5-8H2,1-4H3,(H,19,25)/t9-,10?,11?,12-,13+,14-,15-,16-,18-,28-/m1/s1. The largest absolute Gasteiger partial charge is 0.391 e. The van der Waals surface area contributed by atoms with Gasteiger partial charge in [-0.05, 0) is 32.7 Å². The molecule has 2 saturated heterocycles. The first-order chi connectivity index (χ1) is 13.1. The number of nitrogens with one attached hydrogen (secondary N) is 1. The van der Waals surface area contributed by atoms with Crippen molar-refractivity contribution in [2.45, 2.75) is 81.1 Å². The molecule has 2 unspecified atom stereocenters. The second-order valence-corrected chi connectivity index (χ2v) is 9.52. The number of hydrogen-bond donors (Lipinski definition) is 5. The van der Waals surface area contributed by atoms with Gasteiger partial charge in [0.15, 0.2) is 5.44 Å². The molecule has 10 heteroatoms. The Bertz CT molecular complexity index is 564. The van der Waals surface area contributed by atoms with Crippen LogP contribution in [0.5, 0.6) is 0 Å². The minimum absolute atomic E-state index is 0.294. The molecule has 0 aromatic heterocycles. The van der Waals surface area contributed by atoms with Gasteiger partial charge in [-0.2, -0.15) is 0 Å². The second kappa shape index (κ2) is 9.92. The third kappa shape index (κ3) is 5.10. The summed E-state index contributed by atoms with van der Waals surface area (Å²) in [7, 11) is 0.233. The molecule has 0 spiro atoms. The minimum atomic E-state index is -1.64. The number of aliphatic hydroxyl groups excluding tert-OH is 4. The number of amides is 1. The topological polar surface area (TPSA) is 140 Å². The maximum absolute atomic E-state index is 12.9. The van der Waals surface area contributed by atoms with Crippen molar-refractivity contribution in [1.82, 2.24) is 10.2 Å². The molecule has 2 aliphatic heterocycles. The van der Waals surface area contributed by atoms with E-state index < -0.39 is 52.8 Å². The van der Waals surface area contributed by atoms with Gasteiger partial charge in [0.05, 0.1) is 29.0 Å². The summed E-state index contributed by atoms with van der Waals surface area (Å²) in [5.41, 5.74) is -1.23. The monoisotopic (exact) mass is 422 g/mol. The molecular weight excluding hydrogens is 388 g/mol. The maximum atomic E-state index is 12.9. The van der Waals surface area contributed by atoms with Gasteiger partial charge in [-0.3, -0.25) is 13.9 Å². The minimum Gasteiger partial charge on any atom is -0.391 e. The Kier molecular flexibility index (Phi) is 8.38. The number of carbonyl (C=O) groups is 1.